The molecule has 6 heteroatoms. The van der Waals surface area contributed by atoms with E-state index in [1.807, 2.05) is 18.2 Å². The van der Waals surface area contributed by atoms with Crippen LogP contribution in [0.15, 0.2) is 42.0 Å². The van der Waals surface area contributed by atoms with Gasteiger partial charge in [0.15, 0.2) is 5.78 Å². The predicted molar refractivity (Wildman–Crippen MR) is 76.5 cm³/mol. The van der Waals surface area contributed by atoms with Crippen molar-refractivity contribution in [3.63, 3.8) is 0 Å². The van der Waals surface area contributed by atoms with Crippen molar-refractivity contribution in [2.45, 2.75) is 25.8 Å². The fourth-order valence-electron chi connectivity index (χ4n) is 3.16. The molecule has 3 heterocycles. The highest BCUT2D eigenvalue weighted by molar-refractivity contribution is 5.99. The normalized spacial score (nSPS) is 24.3. The number of pyridine rings is 1. The lowest BCUT2D eigenvalue weighted by atomic mass is 9.82. The number of fused-ring (bicyclic) bond motifs is 1. The first-order chi connectivity index (χ1) is 10.2. The van der Waals surface area contributed by atoms with Gasteiger partial charge in [-0.1, -0.05) is 13.0 Å². The summed E-state index contributed by atoms with van der Waals surface area (Å²) in [5.41, 5.74) is 2.57. The number of carbonyl (C=O) groups is 1. The van der Waals surface area contributed by atoms with E-state index in [1.165, 1.54) is 6.33 Å². The number of hydrogen-bond acceptors (Lipinski definition) is 5. The number of Topliss-reactive ketones (excluding diaryl/α,β-unsaturated/α-hetero) is 1. The fourth-order valence-corrected chi connectivity index (χ4v) is 3.16. The van der Waals surface area contributed by atoms with E-state index >= 15 is 0 Å². The molecule has 21 heavy (non-hydrogen) atoms. The Labute approximate surface area is 121 Å². The van der Waals surface area contributed by atoms with Gasteiger partial charge in [-0.25, -0.2) is 4.68 Å². The molecule has 2 aromatic rings. The third-order valence-electron chi connectivity index (χ3n) is 4.03. The first-order valence-electron chi connectivity index (χ1n) is 7.07. The number of aromatic nitrogens is 4. The molecule has 0 spiro atoms. The molecule has 0 unspecified atom stereocenters. The van der Waals surface area contributed by atoms with Gasteiger partial charge in [0, 0.05) is 23.9 Å². The van der Waals surface area contributed by atoms with Gasteiger partial charge in [0.1, 0.15) is 12.4 Å². The summed E-state index contributed by atoms with van der Waals surface area (Å²) in [5, 5.41) is 7.54. The standard InChI is InChI=1S/C15H15N5O/c1-9-6-11-13(12(21)7-9)14(10-4-2-3-5-16-10)20-15(19-11)17-8-18-20/h2-5,8-9,14H,6-7H2,1H3,(H,17,18,19)/t9-,14-/m1/s1. The number of hydrogen-bond donors (Lipinski definition) is 1. The predicted octanol–water partition coefficient (Wildman–Crippen LogP) is 1.94. The van der Waals surface area contributed by atoms with Gasteiger partial charge in [-0.15, -0.1) is 0 Å². The van der Waals surface area contributed by atoms with Crippen LogP contribution in [0.4, 0.5) is 5.95 Å². The molecule has 1 aliphatic heterocycles. The summed E-state index contributed by atoms with van der Waals surface area (Å²) < 4.78 is 1.75. The zero-order chi connectivity index (χ0) is 14.4. The van der Waals surface area contributed by atoms with Crippen LogP contribution in [0.2, 0.25) is 0 Å². The van der Waals surface area contributed by atoms with Crippen molar-refractivity contribution in [2.24, 2.45) is 5.92 Å². The zero-order valence-corrected chi connectivity index (χ0v) is 11.7. The lowest BCUT2D eigenvalue weighted by molar-refractivity contribution is -0.117. The van der Waals surface area contributed by atoms with E-state index < -0.39 is 0 Å². The number of ketones is 1. The highest BCUT2D eigenvalue weighted by Gasteiger charge is 2.38. The minimum Gasteiger partial charge on any atom is -0.328 e. The van der Waals surface area contributed by atoms with Crippen LogP contribution in [0, 0.1) is 5.92 Å². The van der Waals surface area contributed by atoms with Crippen LogP contribution in [-0.4, -0.2) is 25.5 Å². The molecule has 2 aliphatic rings. The van der Waals surface area contributed by atoms with Crippen LogP contribution in [0.25, 0.3) is 0 Å². The second-order valence-corrected chi connectivity index (χ2v) is 5.64. The number of nitrogens with zero attached hydrogens (tertiary/aromatic N) is 4. The fraction of sp³-hybridized carbons (Fsp3) is 0.333. The van der Waals surface area contributed by atoms with Crippen molar-refractivity contribution in [3.8, 4) is 0 Å². The Balaban J connectivity index is 1.91. The summed E-state index contributed by atoms with van der Waals surface area (Å²) >= 11 is 0. The average Bonchev–Trinajstić information content (AvgIpc) is 2.93. The molecular formula is C15H15N5O. The van der Waals surface area contributed by atoms with Gasteiger partial charge < -0.3 is 5.32 Å². The number of carbonyl (C=O) groups excluding carboxylic acids is 1. The Bertz CT molecular complexity index is 734. The van der Waals surface area contributed by atoms with E-state index in [4.69, 9.17) is 0 Å². The number of anilines is 1. The Morgan fingerprint density at radius 2 is 2.19 bits per heavy atom. The van der Waals surface area contributed by atoms with Crippen molar-refractivity contribution in [2.75, 3.05) is 5.32 Å². The van der Waals surface area contributed by atoms with Crippen LogP contribution in [-0.2, 0) is 4.79 Å². The van der Waals surface area contributed by atoms with Crippen molar-refractivity contribution in [1.82, 2.24) is 19.7 Å². The molecule has 0 saturated carbocycles. The first kappa shape index (κ1) is 12.3. The van der Waals surface area contributed by atoms with E-state index in [1.54, 1.807) is 10.9 Å². The van der Waals surface area contributed by atoms with Crippen molar-refractivity contribution in [1.29, 1.82) is 0 Å². The van der Waals surface area contributed by atoms with Crippen molar-refractivity contribution >= 4 is 11.7 Å². The summed E-state index contributed by atoms with van der Waals surface area (Å²) in [4.78, 5) is 21.2. The molecule has 0 bridgehead atoms. The van der Waals surface area contributed by atoms with Gasteiger partial charge in [0.25, 0.3) is 0 Å². The molecule has 0 amide bonds. The molecule has 106 valence electrons. The van der Waals surface area contributed by atoms with Crippen LogP contribution >= 0.6 is 0 Å². The van der Waals surface area contributed by atoms with E-state index in [0.29, 0.717) is 18.3 Å². The number of nitrogens with one attached hydrogen (secondary N) is 1. The number of rotatable bonds is 1. The minimum atomic E-state index is -0.278. The minimum absolute atomic E-state index is 0.174. The van der Waals surface area contributed by atoms with E-state index in [-0.39, 0.29) is 11.8 Å². The number of allylic oxidation sites excluding steroid dienone is 2. The van der Waals surface area contributed by atoms with E-state index in [0.717, 1.165) is 23.4 Å². The topological polar surface area (TPSA) is 72.7 Å². The lowest BCUT2D eigenvalue weighted by Gasteiger charge is -2.33. The quantitative estimate of drug-likeness (QED) is 0.864. The highest BCUT2D eigenvalue weighted by atomic mass is 16.1. The van der Waals surface area contributed by atoms with Gasteiger partial charge in [-0.3, -0.25) is 9.78 Å². The molecular weight excluding hydrogens is 266 g/mol. The third kappa shape index (κ3) is 1.86. The highest BCUT2D eigenvalue weighted by Crippen LogP contribution is 2.40. The SMILES string of the molecule is C[C@H]1CC(=O)C2=C(C1)Nc1ncnn1[C@@H]2c1ccccn1. The second-order valence-electron chi connectivity index (χ2n) is 5.64. The summed E-state index contributed by atoms with van der Waals surface area (Å²) in [5.74, 6) is 1.20. The molecule has 0 radical (unpaired) electrons. The van der Waals surface area contributed by atoms with Gasteiger partial charge >= 0.3 is 0 Å². The molecule has 2 atom stereocenters. The Morgan fingerprint density at radius 1 is 1.29 bits per heavy atom. The summed E-state index contributed by atoms with van der Waals surface area (Å²) in [7, 11) is 0. The average molecular weight is 281 g/mol. The molecule has 2 aromatic heterocycles. The second kappa shape index (κ2) is 4.51. The van der Waals surface area contributed by atoms with E-state index in [2.05, 4.69) is 27.3 Å². The maximum absolute atomic E-state index is 12.6. The first-order valence-corrected chi connectivity index (χ1v) is 7.07. The van der Waals surface area contributed by atoms with Crippen LogP contribution in [0.1, 0.15) is 31.5 Å². The molecule has 0 saturated heterocycles. The molecule has 0 fully saturated rings. The van der Waals surface area contributed by atoms with Gasteiger partial charge in [-0.2, -0.15) is 10.1 Å². The summed E-state index contributed by atoms with van der Waals surface area (Å²) in [6, 6.07) is 5.45. The van der Waals surface area contributed by atoms with E-state index in [9.17, 15) is 4.79 Å². The lowest BCUT2D eigenvalue weighted by Crippen LogP contribution is -2.33. The van der Waals surface area contributed by atoms with Gasteiger partial charge in [-0.05, 0) is 24.5 Å². The molecule has 1 N–H and O–H groups in total. The van der Waals surface area contributed by atoms with Crippen molar-refractivity contribution in [3.05, 3.63) is 47.7 Å². The largest absolute Gasteiger partial charge is 0.328 e. The molecule has 4 rings (SSSR count). The van der Waals surface area contributed by atoms with Crippen LogP contribution < -0.4 is 5.32 Å². The Morgan fingerprint density at radius 3 is 3.00 bits per heavy atom. The maximum atomic E-state index is 12.6. The van der Waals surface area contributed by atoms with Gasteiger partial charge in [0.05, 0.1) is 5.69 Å². The van der Waals surface area contributed by atoms with Crippen LogP contribution in [0.3, 0.4) is 0 Å². The van der Waals surface area contributed by atoms with Gasteiger partial charge in [0.2, 0.25) is 5.95 Å². The Hall–Kier alpha value is -2.50. The monoisotopic (exact) mass is 281 g/mol. The Kier molecular flexibility index (Phi) is 2.63. The van der Waals surface area contributed by atoms with Crippen molar-refractivity contribution < 1.29 is 4.79 Å². The smallest absolute Gasteiger partial charge is 0.226 e. The molecule has 0 aromatic carbocycles. The summed E-state index contributed by atoms with van der Waals surface area (Å²) in [6.07, 6.45) is 4.68. The maximum Gasteiger partial charge on any atom is 0.226 e. The molecule has 6 nitrogen and oxygen atoms in total. The third-order valence-corrected chi connectivity index (χ3v) is 4.03. The summed E-state index contributed by atoms with van der Waals surface area (Å²) in [6.45, 7) is 2.10. The molecule has 1 aliphatic carbocycles. The van der Waals surface area contributed by atoms with Crippen LogP contribution in [0.5, 0.6) is 0 Å². The zero-order valence-electron chi connectivity index (χ0n) is 11.7.